The Bertz CT molecular complexity index is 1240. The minimum Gasteiger partial charge on any atom is -0.367 e. The Morgan fingerprint density at radius 2 is 1.65 bits per heavy atom. The van der Waals surface area contributed by atoms with Crippen LogP contribution >= 0.6 is 35.0 Å². The van der Waals surface area contributed by atoms with Gasteiger partial charge >= 0.3 is 0 Å². The van der Waals surface area contributed by atoms with Gasteiger partial charge in [0.2, 0.25) is 0 Å². The van der Waals surface area contributed by atoms with Crippen LogP contribution in [0.5, 0.6) is 0 Å². The van der Waals surface area contributed by atoms with Crippen LogP contribution in [0.3, 0.4) is 0 Å². The highest BCUT2D eigenvalue weighted by Crippen LogP contribution is 2.27. The van der Waals surface area contributed by atoms with E-state index in [0.717, 1.165) is 35.2 Å². The van der Waals surface area contributed by atoms with Gasteiger partial charge in [-0.05, 0) is 29.8 Å². The average molecular weight is 555 g/mol. The Hall–Kier alpha value is -3.00. The third-order valence-corrected chi connectivity index (χ3v) is 7.44. The zero-order valence-corrected chi connectivity index (χ0v) is 22.9. The third kappa shape index (κ3) is 7.06. The number of amides is 1. The van der Waals surface area contributed by atoms with Gasteiger partial charge in [-0.25, -0.2) is 9.97 Å². The van der Waals surface area contributed by atoms with E-state index in [4.69, 9.17) is 23.2 Å². The second-order valence-corrected chi connectivity index (χ2v) is 10.3. The first kappa shape index (κ1) is 27.0. The number of thioether (sulfide) groups is 1. The summed E-state index contributed by atoms with van der Waals surface area (Å²) in [5.41, 5.74) is 2.78. The Balaban J connectivity index is 1.34. The van der Waals surface area contributed by atoms with Crippen molar-refractivity contribution >= 4 is 52.4 Å². The molecule has 3 aromatic rings. The number of halogens is 2. The first-order chi connectivity index (χ1) is 18.0. The van der Waals surface area contributed by atoms with Gasteiger partial charge in [-0.1, -0.05) is 71.4 Å². The molecule has 0 bridgehead atoms. The number of hydrogen-bond acceptors (Lipinski definition) is 6. The first-order valence-electron chi connectivity index (χ1n) is 12.0. The topological polar surface area (TPSA) is 52.6 Å². The van der Waals surface area contributed by atoms with E-state index in [1.54, 1.807) is 6.07 Å². The predicted molar refractivity (Wildman–Crippen MR) is 155 cm³/mol. The van der Waals surface area contributed by atoms with E-state index in [0.29, 0.717) is 47.8 Å². The standard InChI is InChI=1S/C28H29Cl2N5OS/c1-3-13-34(14-4-2)26-19-25(30)31-28(32-26)37-20-21-9-11-22(12-10-21)27(36)35-17-15-33(16-18-35)24-8-6-5-7-23(24)29/h3-12,19H,1-2,13-18,20H2. The summed E-state index contributed by atoms with van der Waals surface area (Å²) >= 11 is 14.1. The van der Waals surface area contributed by atoms with E-state index >= 15 is 0 Å². The molecule has 9 heteroatoms. The number of benzene rings is 2. The second-order valence-electron chi connectivity index (χ2n) is 8.53. The molecular formula is C28H29Cl2N5OS. The maximum atomic E-state index is 13.1. The molecular weight excluding hydrogens is 525 g/mol. The van der Waals surface area contributed by atoms with Gasteiger partial charge in [0.05, 0.1) is 10.7 Å². The fourth-order valence-corrected chi connectivity index (χ4v) is 5.41. The lowest BCUT2D eigenvalue weighted by molar-refractivity contribution is 0.0747. The zero-order valence-electron chi connectivity index (χ0n) is 20.5. The number of anilines is 2. The quantitative estimate of drug-likeness (QED) is 0.128. The Kier molecular flexibility index (Phi) is 9.50. The van der Waals surface area contributed by atoms with Gasteiger partial charge in [-0.3, -0.25) is 4.79 Å². The van der Waals surface area contributed by atoms with Gasteiger partial charge in [-0.2, -0.15) is 0 Å². The normalized spacial score (nSPS) is 13.4. The molecule has 0 saturated carbocycles. The molecule has 192 valence electrons. The van der Waals surface area contributed by atoms with Crippen LogP contribution in [0.1, 0.15) is 15.9 Å². The summed E-state index contributed by atoms with van der Waals surface area (Å²) in [6.45, 7) is 11.7. The summed E-state index contributed by atoms with van der Waals surface area (Å²) in [5.74, 6) is 1.44. The Morgan fingerprint density at radius 1 is 0.973 bits per heavy atom. The highest BCUT2D eigenvalue weighted by molar-refractivity contribution is 7.98. The molecule has 0 unspecified atom stereocenters. The number of rotatable bonds is 10. The molecule has 0 spiro atoms. The number of carbonyl (C=O) groups is 1. The summed E-state index contributed by atoms with van der Waals surface area (Å²) in [4.78, 5) is 28.2. The smallest absolute Gasteiger partial charge is 0.253 e. The number of nitrogens with zero attached hydrogens (tertiary/aromatic N) is 5. The molecule has 2 heterocycles. The van der Waals surface area contributed by atoms with Crippen molar-refractivity contribution in [3.05, 3.63) is 101 Å². The van der Waals surface area contributed by atoms with Crippen LogP contribution in [0.4, 0.5) is 11.5 Å². The average Bonchev–Trinajstić information content (AvgIpc) is 2.92. The summed E-state index contributed by atoms with van der Waals surface area (Å²) < 4.78 is 0. The monoisotopic (exact) mass is 553 g/mol. The second kappa shape index (κ2) is 13.0. The Labute approximate surface area is 232 Å². The maximum Gasteiger partial charge on any atom is 0.253 e. The summed E-state index contributed by atoms with van der Waals surface area (Å²) in [6, 6.07) is 17.3. The predicted octanol–water partition coefficient (Wildman–Crippen LogP) is 6.22. The lowest BCUT2D eigenvalue weighted by atomic mass is 10.1. The van der Waals surface area contributed by atoms with E-state index in [1.165, 1.54) is 11.8 Å². The lowest BCUT2D eigenvalue weighted by Gasteiger charge is -2.36. The molecule has 0 radical (unpaired) electrons. The molecule has 0 aliphatic carbocycles. The molecule has 6 nitrogen and oxygen atoms in total. The Morgan fingerprint density at radius 3 is 2.30 bits per heavy atom. The van der Waals surface area contributed by atoms with Crippen LogP contribution < -0.4 is 9.80 Å². The van der Waals surface area contributed by atoms with Crippen molar-refractivity contribution in [3.63, 3.8) is 0 Å². The van der Waals surface area contributed by atoms with Crippen molar-refractivity contribution in [1.29, 1.82) is 0 Å². The van der Waals surface area contributed by atoms with Gasteiger partial charge in [0, 0.05) is 56.7 Å². The van der Waals surface area contributed by atoms with Crippen molar-refractivity contribution in [2.24, 2.45) is 0 Å². The van der Waals surface area contributed by atoms with Crippen molar-refractivity contribution in [1.82, 2.24) is 14.9 Å². The van der Waals surface area contributed by atoms with Gasteiger partial charge in [-0.15, -0.1) is 13.2 Å². The van der Waals surface area contributed by atoms with E-state index < -0.39 is 0 Å². The van der Waals surface area contributed by atoms with E-state index in [9.17, 15) is 4.79 Å². The minimum atomic E-state index is 0.0466. The van der Waals surface area contributed by atoms with Crippen LogP contribution in [0, 0.1) is 0 Å². The van der Waals surface area contributed by atoms with Crippen LogP contribution in [0.15, 0.2) is 85.1 Å². The molecule has 1 saturated heterocycles. The van der Waals surface area contributed by atoms with Gasteiger partial charge in [0.1, 0.15) is 11.0 Å². The number of hydrogen-bond donors (Lipinski definition) is 0. The first-order valence-corrected chi connectivity index (χ1v) is 13.7. The molecule has 1 aliphatic rings. The largest absolute Gasteiger partial charge is 0.367 e. The molecule has 37 heavy (non-hydrogen) atoms. The highest BCUT2D eigenvalue weighted by atomic mass is 35.5. The zero-order chi connectivity index (χ0) is 26.2. The van der Waals surface area contributed by atoms with Crippen LogP contribution in [0.2, 0.25) is 10.2 Å². The number of piperazine rings is 1. The van der Waals surface area contributed by atoms with Gasteiger partial charge in [0.25, 0.3) is 5.91 Å². The molecule has 2 aromatic carbocycles. The summed E-state index contributed by atoms with van der Waals surface area (Å²) in [6.07, 6.45) is 3.63. The van der Waals surface area contributed by atoms with Crippen LogP contribution in [0.25, 0.3) is 0 Å². The van der Waals surface area contributed by atoms with Crippen molar-refractivity contribution in [2.45, 2.75) is 10.9 Å². The highest BCUT2D eigenvalue weighted by Gasteiger charge is 2.23. The summed E-state index contributed by atoms with van der Waals surface area (Å²) in [7, 11) is 0. The fraction of sp³-hybridized carbons (Fsp3) is 0.250. The molecule has 1 aliphatic heterocycles. The molecule has 0 N–H and O–H groups in total. The van der Waals surface area contributed by atoms with Crippen molar-refractivity contribution in [3.8, 4) is 0 Å². The SMILES string of the molecule is C=CCN(CC=C)c1cc(Cl)nc(SCc2ccc(C(=O)N3CCN(c4ccccc4Cl)CC3)cc2)n1. The summed E-state index contributed by atoms with van der Waals surface area (Å²) in [5, 5.41) is 1.72. The lowest BCUT2D eigenvalue weighted by Crippen LogP contribution is -2.48. The van der Waals surface area contributed by atoms with Gasteiger partial charge < -0.3 is 14.7 Å². The fourth-order valence-electron chi connectivity index (χ4n) is 4.12. The van der Waals surface area contributed by atoms with Crippen molar-refractivity contribution < 1.29 is 4.79 Å². The van der Waals surface area contributed by atoms with Gasteiger partial charge in [0.15, 0.2) is 5.16 Å². The van der Waals surface area contributed by atoms with Crippen LogP contribution in [-0.2, 0) is 5.75 Å². The van der Waals surface area contributed by atoms with E-state index in [1.807, 2.05) is 70.5 Å². The van der Waals surface area contributed by atoms with E-state index in [-0.39, 0.29) is 5.91 Å². The molecule has 1 fully saturated rings. The molecule has 0 atom stereocenters. The number of para-hydroxylation sites is 1. The molecule has 4 rings (SSSR count). The van der Waals surface area contributed by atoms with E-state index in [2.05, 4.69) is 28.0 Å². The van der Waals surface area contributed by atoms with Crippen LogP contribution in [-0.4, -0.2) is 60.0 Å². The molecule has 1 aromatic heterocycles. The number of aromatic nitrogens is 2. The maximum absolute atomic E-state index is 13.1. The molecule has 1 amide bonds. The minimum absolute atomic E-state index is 0.0466. The third-order valence-electron chi connectivity index (χ3n) is 6.01. The number of carbonyl (C=O) groups excluding carboxylic acids is 1. The van der Waals surface area contributed by atoms with Crippen molar-refractivity contribution in [2.75, 3.05) is 49.1 Å².